The van der Waals surface area contributed by atoms with E-state index in [-0.39, 0.29) is 5.92 Å². The molecule has 0 saturated carbocycles. The summed E-state index contributed by atoms with van der Waals surface area (Å²) in [5.74, 6) is -0.280. The Morgan fingerprint density at radius 3 is 2.21 bits per heavy atom. The van der Waals surface area contributed by atoms with Crippen molar-refractivity contribution in [2.75, 3.05) is 7.11 Å². The van der Waals surface area contributed by atoms with Crippen molar-refractivity contribution < 1.29 is 19.1 Å². The molecular weight excluding hydrogens is 502 g/mol. The summed E-state index contributed by atoms with van der Waals surface area (Å²) >= 11 is 1.57. The zero-order valence-corrected chi connectivity index (χ0v) is 22.1. The molecule has 1 atom stereocenters. The van der Waals surface area contributed by atoms with E-state index in [1.807, 2.05) is 50.2 Å². The minimum Gasteiger partial charge on any atom is -0.497 e. The summed E-state index contributed by atoms with van der Waals surface area (Å²) in [7, 11) is 1.54. The van der Waals surface area contributed by atoms with Crippen molar-refractivity contribution >= 4 is 40.5 Å². The van der Waals surface area contributed by atoms with Gasteiger partial charge in [0.2, 0.25) is 0 Å². The van der Waals surface area contributed by atoms with Crippen molar-refractivity contribution in [1.29, 1.82) is 0 Å². The number of benzene rings is 3. The number of nitrogens with one attached hydrogen (secondary N) is 4. The number of nitrogens with zero attached hydrogens (tertiary/aromatic N) is 1. The van der Waals surface area contributed by atoms with Crippen LogP contribution in [0.15, 0.2) is 78.0 Å². The van der Waals surface area contributed by atoms with E-state index in [0.717, 1.165) is 21.8 Å². The second-order valence-corrected chi connectivity index (χ2v) is 9.88. The van der Waals surface area contributed by atoms with Crippen LogP contribution in [0.1, 0.15) is 40.1 Å². The van der Waals surface area contributed by atoms with Crippen LogP contribution in [0, 0.1) is 5.92 Å². The summed E-state index contributed by atoms with van der Waals surface area (Å²) in [6.07, 6.45) is 0. The van der Waals surface area contributed by atoms with Crippen LogP contribution >= 0.6 is 11.8 Å². The average molecular weight is 532 g/mol. The van der Waals surface area contributed by atoms with Crippen LogP contribution in [-0.2, 0) is 10.5 Å². The lowest BCUT2D eigenvalue weighted by atomic mass is 10.0. The van der Waals surface area contributed by atoms with Gasteiger partial charge in [-0.3, -0.25) is 25.2 Å². The third kappa shape index (κ3) is 6.71. The predicted molar refractivity (Wildman–Crippen MR) is 147 cm³/mol. The van der Waals surface area contributed by atoms with Crippen molar-refractivity contribution in [3.05, 3.63) is 89.5 Å². The SMILES string of the molecule is COc1ccc(C(=O)N[C@H](C(=O)NNC(=O)c2ccc(CSc3nc4ccccc4[nH]3)cc2)C(C)C)cc1. The number of thioether (sulfide) groups is 1. The van der Waals surface area contributed by atoms with Gasteiger partial charge in [0.1, 0.15) is 11.8 Å². The lowest BCUT2D eigenvalue weighted by molar-refractivity contribution is -0.124. The lowest BCUT2D eigenvalue weighted by Crippen LogP contribution is -2.54. The number of methoxy groups -OCH3 is 1. The van der Waals surface area contributed by atoms with Gasteiger partial charge in [0.25, 0.3) is 17.7 Å². The van der Waals surface area contributed by atoms with Gasteiger partial charge in [0, 0.05) is 16.9 Å². The second-order valence-electron chi connectivity index (χ2n) is 8.91. The highest BCUT2D eigenvalue weighted by atomic mass is 32.2. The van der Waals surface area contributed by atoms with Crippen molar-refractivity contribution in [3.8, 4) is 5.75 Å². The van der Waals surface area contributed by atoms with E-state index in [1.54, 1.807) is 55.3 Å². The minimum absolute atomic E-state index is 0.211. The highest BCUT2D eigenvalue weighted by Crippen LogP contribution is 2.23. The van der Waals surface area contributed by atoms with E-state index < -0.39 is 23.8 Å². The fourth-order valence-electron chi connectivity index (χ4n) is 3.67. The third-order valence-corrected chi connectivity index (χ3v) is 6.79. The van der Waals surface area contributed by atoms with E-state index >= 15 is 0 Å². The number of ether oxygens (including phenoxy) is 1. The largest absolute Gasteiger partial charge is 0.497 e. The number of hydrogen-bond acceptors (Lipinski definition) is 6. The molecule has 0 saturated heterocycles. The molecule has 0 aliphatic rings. The van der Waals surface area contributed by atoms with E-state index in [0.29, 0.717) is 22.6 Å². The summed E-state index contributed by atoms with van der Waals surface area (Å²) < 4.78 is 5.10. The molecule has 196 valence electrons. The Morgan fingerprint density at radius 1 is 0.895 bits per heavy atom. The van der Waals surface area contributed by atoms with Gasteiger partial charge in [-0.2, -0.15) is 0 Å². The first-order valence-electron chi connectivity index (χ1n) is 12.1. The molecule has 3 amide bonds. The van der Waals surface area contributed by atoms with Gasteiger partial charge in [-0.25, -0.2) is 4.98 Å². The Morgan fingerprint density at radius 2 is 1.55 bits per heavy atom. The molecule has 0 bridgehead atoms. The molecule has 4 N–H and O–H groups in total. The first-order valence-corrected chi connectivity index (χ1v) is 13.0. The molecule has 4 rings (SSSR count). The summed E-state index contributed by atoms with van der Waals surface area (Å²) in [6, 6.07) is 20.7. The molecular formula is C28H29N5O4S. The first-order chi connectivity index (χ1) is 18.3. The van der Waals surface area contributed by atoms with Crippen LogP contribution in [0.5, 0.6) is 5.75 Å². The van der Waals surface area contributed by atoms with Crippen LogP contribution in [0.3, 0.4) is 0 Å². The fourth-order valence-corrected chi connectivity index (χ4v) is 4.51. The van der Waals surface area contributed by atoms with Gasteiger partial charge in [0.15, 0.2) is 5.16 Å². The minimum atomic E-state index is -0.845. The molecule has 3 aromatic carbocycles. The number of carbonyl (C=O) groups excluding carboxylic acids is 3. The standard InChI is InChI=1S/C28H29N5O4S/c1-17(2)24(31-25(34)19-12-14-21(37-3)15-13-19)27(36)33-32-26(35)20-10-8-18(9-11-20)16-38-28-29-22-6-4-5-7-23(22)30-28/h4-15,17,24H,16H2,1-3H3,(H,29,30)(H,31,34)(H,32,35)(H,33,36)/t24-/m0/s1. The second kappa shape index (κ2) is 12.3. The predicted octanol–water partition coefficient (Wildman–Crippen LogP) is 4.08. The number of aromatic amines is 1. The van der Waals surface area contributed by atoms with Gasteiger partial charge >= 0.3 is 0 Å². The number of hydrazine groups is 1. The van der Waals surface area contributed by atoms with Gasteiger partial charge in [-0.1, -0.05) is 49.9 Å². The molecule has 0 fully saturated rings. The number of H-pyrrole nitrogens is 1. The van der Waals surface area contributed by atoms with E-state index in [1.165, 1.54) is 0 Å². The molecule has 9 nitrogen and oxygen atoms in total. The van der Waals surface area contributed by atoms with Crippen molar-refractivity contribution in [1.82, 2.24) is 26.1 Å². The zero-order valence-electron chi connectivity index (χ0n) is 21.3. The van der Waals surface area contributed by atoms with E-state index in [2.05, 4.69) is 26.1 Å². The topological polar surface area (TPSA) is 125 Å². The molecule has 1 aromatic heterocycles. The molecule has 1 heterocycles. The lowest BCUT2D eigenvalue weighted by Gasteiger charge is -2.22. The number of hydrogen-bond donors (Lipinski definition) is 4. The number of para-hydroxylation sites is 2. The van der Waals surface area contributed by atoms with Crippen molar-refractivity contribution in [3.63, 3.8) is 0 Å². The molecule has 10 heteroatoms. The highest BCUT2D eigenvalue weighted by molar-refractivity contribution is 7.98. The summed E-state index contributed by atoms with van der Waals surface area (Å²) in [5, 5.41) is 3.55. The number of fused-ring (bicyclic) bond motifs is 1. The van der Waals surface area contributed by atoms with E-state index in [9.17, 15) is 14.4 Å². The molecule has 0 radical (unpaired) electrons. The Bertz CT molecular complexity index is 1380. The Balaban J connectivity index is 1.28. The van der Waals surface area contributed by atoms with Crippen molar-refractivity contribution in [2.24, 2.45) is 5.92 Å². The quantitative estimate of drug-likeness (QED) is 0.191. The maximum Gasteiger partial charge on any atom is 0.269 e. The van der Waals surface area contributed by atoms with Crippen LogP contribution in [-0.4, -0.2) is 40.8 Å². The van der Waals surface area contributed by atoms with Gasteiger partial charge in [0.05, 0.1) is 18.1 Å². The highest BCUT2D eigenvalue weighted by Gasteiger charge is 2.25. The Labute approximate surface area is 224 Å². The Hall–Kier alpha value is -4.31. The molecule has 0 aliphatic heterocycles. The Kier molecular flexibility index (Phi) is 8.65. The van der Waals surface area contributed by atoms with Gasteiger partial charge < -0.3 is 15.0 Å². The number of aromatic nitrogens is 2. The summed E-state index contributed by atoms with van der Waals surface area (Å²) in [4.78, 5) is 45.8. The first kappa shape index (κ1) is 26.7. The fraction of sp³-hybridized carbons (Fsp3) is 0.214. The maximum atomic E-state index is 12.8. The third-order valence-electron chi connectivity index (χ3n) is 5.85. The van der Waals surface area contributed by atoms with Crippen LogP contribution in [0.25, 0.3) is 11.0 Å². The summed E-state index contributed by atoms with van der Waals surface area (Å²) in [6.45, 7) is 3.62. The summed E-state index contributed by atoms with van der Waals surface area (Å²) in [5.41, 5.74) is 8.57. The number of rotatable bonds is 9. The molecule has 0 spiro atoms. The van der Waals surface area contributed by atoms with Crippen LogP contribution in [0.2, 0.25) is 0 Å². The average Bonchev–Trinajstić information content (AvgIpc) is 3.36. The van der Waals surface area contributed by atoms with E-state index in [4.69, 9.17) is 4.74 Å². The molecule has 0 aliphatic carbocycles. The van der Waals surface area contributed by atoms with Gasteiger partial charge in [-0.05, 0) is 60.0 Å². The number of amides is 3. The maximum absolute atomic E-state index is 12.8. The van der Waals surface area contributed by atoms with Crippen LogP contribution < -0.4 is 20.9 Å². The number of imidazole rings is 1. The van der Waals surface area contributed by atoms with Crippen LogP contribution in [0.4, 0.5) is 0 Å². The number of carbonyl (C=O) groups is 3. The normalized spacial score (nSPS) is 11.7. The monoisotopic (exact) mass is 531 g/mol. The molecule has 4 aromatic rings. The smallest absolute Gasteiger partial charge is 0.269 e. The van der Waals surface area contributed by atoms with Gasteiger partial charge in [-0.15, -0.1) is 0 Å². The van der Waals surface area contributed by atoms with Crippen molar-refractivity contribution in [2.45, 2.75) is 30.8 Å². The zero-order chi connectivity index (χ0) is 27.1. The molecule has 0 unspecified atom stereocenters. The molecule has 38 heavy (non-hydrogen) atoms.